The molecule has 1 aliphatic heterocycles. The normalized spacial score (nSPS) is 13.4. The maximum Gasteiger partial charge on any atom is 0.176 e. The zero-order chi connectivity index (χ0) is 15.8. The smallest absolute Gasteiger partial charge is 0.176 e. The van der Waals surface area contributed by atoms with Crippen molar-refractivity contribution in [1.82, 2.24) is 4.90 Å². The van der Waals surface area contributed by atoms with Gasteiger partial charge in [-0.2, -0.15) is 0 Å². The number of anilines is 1. The van der Waals surface area contributed by atoms with Gasteiger partial charge < -0.3 is 19.5 Å². The molecule has 1 aromatic carbocycles. The molecule has 0 bridgehead atoms. The maximum absolute atomic E-state index is 12.5. The van der Waals surface area contributed by atoms with Crippen molar-refractivity contribution < 1.29 is 19.0 Å². The van der Waals surface area contributed by atoms with Gasteiger partial charge in [0, 0.05) is 39.4 Å². The highest BCUT2D eigenvalue weighted by molar-refractivity contribution is 5.98. The van der Waals surface area contributed by atoms with E-state index < -0.39 is 0 Å². The third-order valence-electron chi connectivity index (χ3n) is 3.57. The molecule has 0 aliphatic carbocycles. The largest absolute Gasteiger partial charge is 0.490 e. The fraction of sp³-hybridized carbons (Fsp3) is 0.562. The highest BCUT2D eigenvalue weighted by Crippen LogP contribution is 2.28. The van der Waals surface area contributed by atoms with Crippen LogP contribution in [-0.2, 0) is 9.47 Å². The van der Waals surface area contributed by atoms with Crippen LogP contribution in [0.25, 0.3) is 0 Å². The highest BCUT2D eigenvalue weighted by atomic mass is 16.5. The van der Waals surface area contributed by atoms with Gasteiger partial charge in [0.25, 0.3) is 0 Å². The number of ether oxygens (including phenoxy) is 3. The van der Waals surface area contributed by atoms with Crippen LogP contribution in [0.2, 0.25) is 0 Å². The number of hydrogen-bond donors (Lipinski definition) is 1. The van der Waals surface area contributed by atoms with E-state index in [1.807, 2.05) is 23.1 Å². The number of ketones is 1. The van der Waals surface area contributed by atoms with Crippen molar-refractivity contribution in [2.24, 2.45) is 0 Å². The van der Waals surface area contributed by atoms with Crippen LogP contribution in [0.3, 0.4) is 0 Å². The summed E-state index contributed by atoms with van der Waals surface area (Å²) in [6.45, 7) is 4.37. The minimum atomic E-state index is 0.0855. The average molecular weight is 308 g/mol. The molecule has 1 N–H and O–H groups in total. The molecule has 1 aromatic rings. The molecule has 0 aromatic heterocycles. The van der Waals surface area contributed by atoms with Gasteiger partial charge in [-0.25, -0.2) is 0 Å². The van der Waals surface area contributed by atoms with E-state index in [-0.39, 0.29) is 5.78 Å². The summed E-state index contributed by atoms with van der Waals surface area (Å²) in [7, 11) is 3.32. The number of hydrogen-bond acceptors (Lipinski definition) is 6. The summed E-state index contributed by atoms with van der Waals surface area (Å²) >= 11 is 0. The molecular formula is C16H24N2O4. The standard InChI is InChI=1S/C16H24N2O4/c1-20-9-6-18(7-10-21-2)12-15(19)13-3-4-16-14(11-13)17-5-8-22-16/h3-4,11,17H,5-10,12H2,1-2H3. The fourth-order valence-corrected chi connectivity index (χ4v) is 2.32. The van der Waals surface area contributed by atoms with Crippen LogP contribution in [0.15, 0.2) is 18.2 Å². The molecule has 0 atom stereocenters. The van der Waals surface area contributed by atoms with Crippen molar-refractivity contribution in [3.8, 4) is 5.75 Å². The Hall–Kier alpha value is -1.63. The third-order valence-corrected chi connectivity index (χ3v) is 3.57. The lowest BCUT2D eigenvalue weighted by atomic mass is 10.1. The van der Waals surface area contributed by atoms with Crippen LogP contribution in [-0.4, -0.2) is 70.9 Å². The Labute approximate surface area is 131 Å². The molecule has 0 saturated heterocycles. The van der Waals surface area contributed by atoms with Crippen molar-refractivity contribution in [3.63, 3.8) is 0 Å². The van der Waals surface area contributed by atoms with Crippen LogP contribution in [0.4, 0.5) is 5.69 Å². The van der Waals surface area contributed by atoms with Crippen molar-refractivity contribution in [2.75, 3.05) is 65.5 Å². The first-order valence-electron chi connectivity index (χ1n) is 7.48. The van der Waals surface area contributed by atoms with Crippen LogP contribution >= 0.6 is 0 Å². The molecule has 0 fully saturated rings. The van der Waals surface area contributed by atoms with Gasteiger partial charge in [-0.05, 0) is 18.2 Å². The summed E-state index contributed by atoms with van der Waals surface area (Å²) in [6, 6.07) is 5.53. The zero-order valence-corrected chi connectivity index (χ0v) is 13.3. The predicted octanol–water partition coefficient (Wildman–Crippen LogP) is 1.27. The summed E-state index contributed by atoms with van der Waals surface area (Å²) in [5.41, 5.74) is 1.58. The number of rotatable bonds is 9. The molecule has 2 rings (SSSR count). The lowest BCUT2D eigenvalue weighted by molar-refractivity contribution is 0.0837. The molecule has 22 heavy (non-hydrogen) atoms. The SMILES string of the molecule is COCCN(CCOC)CC(=O)c1ccc2c(c1)NCCO2. The first kappa shape index (κ1) is 16.7. The van der Waals surface area contributed by atoms with E-state index in [9.17, 15) is 4.79 Å². The monoisotopic (exact) mass is 308 g/mol. The lowest BCUT2D eigenvalue weighted by Crippen LogP contribution is -2.35. The van der Waals surface area contributed by atoms with Crippen LogP contribution in [0.1, 0.15) is 10.4 Å². The third kappa shape index (κ3) is 4.69. The van der Waals surface area contributed by atoms with E-state index in [0.717, 1.165) is 18.0 Å². The van der Waals surface area contributed by atoms with E-state index in [1.165, 1.54) is 0 Å². The molecule has 0 spiro atoms. The number of carbonyl (C=O) groups excluding carboxylic acids is 1. The summed E-state index contributed by atoms with van der Waals surface area (Å²) in [4.78, 5) is 14.5. The summed E-state index contributed by atoms with van der Waals surface area (Å²) in [5, 5.41) is 3.25. The van der Waals surface area contributed by atoms with Crippen LogP contribution in [0, 0.1) is 0 Å². The molecular weight excluding hydrogens is 284 g/mol. The molecule has 0 radical (unpaired) electrons. The van der Waals surface area contributed by atoms with Gasteiger partial charge in [0.2, 0.25) is 0 Å². The maximum atomic E-state index is 12.5. The quantitative estimate of drug-likeness (QED) is 0.693. The summed E-state index contributed by atoms with van der Waals surface area (Å²) in [5.74, 6) is 0.890. The minimum absolute atomic E-state index is 0.0855. The number of Topliss-reactive ketones (excluding diaryl/α,β-unsaturated/α-hetero) is 1. The molecule has 0 saturated carbocycles. The number of fused-ring (bicyclic) bond motifs is 1. The Morgan fingerprint density at radius 1 is 1.27 bits per heavy atom. The number of benzene rings is 1. The Bertz CT molecular complexity index is 485. The van der Waals surface area contributed by atoms with Gasteiger partial charge in [0.15, 0.2) is 5.78 Å². The van der Waals surface area contributed by atoms with Crippen molar-refractivity contribution in [2.45, 2.75) is 0 Å². The van der Waals surface area contributed by atoms with E-state index >= 15 is 0 Å². The van der Waals surface area contributed by atoms with Crippen LogP contribution < -0.4 is 10.1 Å². The Kier molecular flexibility index (Phi) is 6.64. The van der Waals surface area contributed by atoms with Gasteiger partial charge in [0.1, 0.15) is 12.4 Å². The number of methoxy groups -OCH3 is 2. The second-order valence-electron chi connectivity index (χ2n) is 5.17. The number of nitrogens with zero attached hydrogens (tertiary/aromatic N) is 1. The van der Waals surface area contributed by atoms with E-state index in [0.29, 0.717) is 45.0 Å². The van der Waals surface area contributed by atoms with Gasteiger partial charge in [-0.1, -0.05) is 0 Å². The molecule has 122 valence electrons. The highest BCUT2D eigenvalue weighted by Gasteiger charge is 2.16. The Morgan fingerprint density at radius 3 is 2.68 bits per heavy atom. The second-order valence-corrected chi connectivity index (χ2v) is 5.17. The Balaban J connectivity index is 1.99. The van der Waals surface area contributed by atoms with E-state index in [2.05, 4.69) is 5.32 Å². The summed E-state index contributed by atoms with van der Waals surface area (Å²) in [6.07, 6.45) is 0. The van der Waals surface area contributed by atoms with Gasteiger partial charge in [-0.15, -0.1) is 0 Å². The fourth-order valence-electron chi connectivity index (χ4n) is 2.32. The molecule has 0 unspecified atom stereocenters. The van der Waals surface area contributed by atoms with Crippen molar-refractivity contribution in [3.05, 3.63) is 23.8 Å². The van der Waals surface area contributed by atoms with Gasteiger partial charge in [0.05, 0.1) is 25.4 Å². The van der Waals surface area contributed by atoms with Crippen molar-refractivity contribution in [1.29, 1.82) is 0 Å². The van der Waals surface area contributed by atoms with E-state index in [1.54, 1.807) is 14.2 Å². The second kappa shape index (κ2) is 8.73. The molecule has 0 amide bonds. The van der Waals surface area contributed by atoms with Crippen molar-refractivity contribution >= 4 is 11.5 Å². The minimum Gasteiger partial charge on any atom is -0.490 e. The molecule has 1 heterocycles. The number of nitrogens with one attached hydrogen (secondary N) is 1. The lowest BCUT2D eigenvalue weighted by Gasteiger charge is -2.22. The Morgan fingerprint density at radius 2 is 2.00 bits per heavy atom. The molecule has 1 aliphatic rings. The zero-order valence-electron chi connectivity index (χ0n) is 13.3. The van der Waals surface area contributed by atoms with E-state index in [4.69, 9.17) is 14.2 Å². The van der Waals surface area contributed by atoms with Crippen LogP contribution in [0.5, 0.6) is 5.75 Å². The first-order valence-corrected chi connectivity index (χ1v) is 7.48. The average Bonchev–Trinajstić information content (AvgIpc) is 2.56. The number of carbonyl (C=O) groups is 1. The first-order chi connectivity index (χ1) is 10.7. The molecule has 6 heteroatoms. The predicted molar refractivity (Wildman–Crippen MR) is 84.9 cm³/mol. The molecule has 6 nitrogen and oxygen atoms in total. The van der Waals surface area contributed by atoms with Gasteiger partial charge in [-0.3, -0.25) is 9.69 Å². The topological polar surface area (TPSA) is 60.0 Å². The van der Waals surface area contributed by atoms with Gasteiger partial charge >= 0.3 is 0 Å². The summed E-state index contributed by atoms with van der Waals surface area (Å²) < 4.78 is 15.7.